The predicted molar refractivity (Wildman–Crippen MR) is 140 cm³/mol. The molecule has 36 heavy (non-hydrogen) atoms. The van der Waals surface area contributed by atoms with Crippen LogP contribution in [0.1, 0.15) is 35.1 Å². The topological polar surface area (TPSA) is 115 Å². The number of carbonyl (C=O) groups is 3. The van der Waals surface area contributed by atoms with Crippen LogP contribution in [0.4, 0.5) is 5.69 Å². The summed E-state index contributed by atoms with van der Waals surface area (Å²) in [4.78, 5) is 36.6. The molecule has 0 saturated heterocycles. The first-order valence-electron chi connectivity index (χ1n) is 11.2. The smallest absolute Gasteiger partial charge is 0.338 e. The number of hydrogen-bond acceptors (Lipinski definition) is 7. The summed E-state index contributed by atoms with van der Waals surface area (Å²) in [6.07, 6.45) is 3.77. The Morgan fingerprint density at radius 2 is 1.94 bits per heavy atom. The lowest BCUT2D eigenvalue weighted by Gasteiger charge is -2.08. The van der Waals surface area contributed by atoms with Gasteiger partial charge in [-0.3, -0.25) is 9.59 Å². The first-order chi connectivity index (χ1) is 17.4. The van der Waals surface area contributed by atoms with Gasteiger partial charge in [0.2, 0.25) is 11.8 Å². The maximum Gasteiger partial charge on any atom is 0.338 e. The third-order valence-corrected chi connectivity index (χ3v) is 6.18. The highest BCUT2D eigenvalue weighted by atomic mass is 35.5. The fourth-order valence-electron chi connectivity index (χ4n) is 2.95. The van der Waals surface area contributed by atoms with E-state index in [0.29, 0.717) is 33.9 Å². The zero-order valence-corrected chi connectivity index (χ0v) is 21.4. The van der Waals surface area contributed by atoms with Gasteiger partial charge in [0.05, 0.1) is 24.5 Å². The standard InChI is InChI=1S/C25H26ClN5O4S/c1-3-13-35-24(34)18-8-6-9-19(14-18)28-23(33)16-36-25-30-29-21(31(25)2)15-27-22(32)12-11-17-7-4-5-10-20(17)26/h4-12,14H,3,13,15-16H2,1-2H3,(H,27,32)(H,28,33)/b12-11+. The van der Waals surface area contributed by atoms with E-state index in [9.17, 15) is 14.4 Å². The Morgan fingerprint density at radius 1 is 1.14 bits per heavy atom. The minimum Gasteiger partial charge on any atom is -0.462 e. The molecule has 0 aliphatic heterocycles. The SMILES string of the molecule is CCCOC(=O)c1cccc(NC(=O)CSc2nnc(CNC(=O)/C=C/c3ccccc3Cl)n2C)c1. The highest BCUT2D eigenvalue weighted by Gasteiger charge is 2.13. The summed E-state index contributed by atoms with van der Waals surface area (Å²) < 4.78 is 6.83. The summed E-state index contributed by atoms with van der Waals surface area (Å²) in [6, 6.07) is 13.8. The number of rotatable bonds is 11. The second-order valence-corrected chi connectivity index (χ2v) is 8.93. The van der Waals surface area contributed by atoms with E-state index in [1.165, 1.54) is 17.8 Å². The molecule has 0 radical (unpaired) electrons. The number of carbonyl (C=O) groups excluding carboxylic acids is 3. The molecule has 9 nitrogen and oxygen atoms in total. The van der Waals surface area contributed by atoms with Crippen molar-refractivity contribution in [3.05, 3.63) is 76.6 Å². The van der Waals surface area contributed by atoms with Gasteiger partial charge in [0, 0.05) is 23.8 Å². The monoisotopic (exact) mass is 527 g/mol. The number of anilines is 1. The summed E-state index contributed by atoms with van der Waals surface area (Å²) in [5.74, 6) is -0.367. The van der Waals surface area contributed by atoms with Crippen molar-refractivity contribution in [3.8, 4) is 0 Å². The normalized spacial score (nSPS) is 10.9. The van der Waals surface area contributed by atoms with Crippen LogP contribution in [0, 0.1) is 0 Å². The molecule has 0 atom stereocenters. The van der Waals surface area contributed by atoms with Crippen LogP contribution in [0.25, 0.3) is 6.08 Å². The maximum absolute atomic E-state index is 12.4. The lowest BCUT2D eigenvalue weighted by molar-refractivity contribution is -0.116. The Bertz CT molecular complexity index is 1260. The molecule has 3 aromatic rings. The van der Waals surface area contributed by atoms with Crippen LogP contribution in [-0.4, -0.2) is 44.9 Å². The molecule has 3 rings (SSSR count). The van der Waals surface area contributed by atoms with E-state index in [4.69, 9.17) is 16.3 Å². The Hall–Kier alpha value is -3.63. The molecule has 0 spiro atoms. The van der Waals surface area contributed by atoms with Crippen molar-refractivity contribution in [2.75, 3.05) is 17.7 Å². The van der Waals surface area contributed by atoms with Gasteiger partial charge in [0.1, 0.15) is 0 Å². The minimum atomic E-state index is -0.430. The van der Waals surface area contributed by atoms with Crippen LogP contribution >= 0.6 is 23.4 Å². The van der Waals surface area contributed by atoms with Crippen LogP contribution < -0.4 is 10.6 Å². The van der Waals surface area contributed by atoms with Crippen molar-refractivity contribution >= 4 is 52.9 Å². The molecule has 0 unspecified atom stereocenters. The Labute approximate surface area is 218 Å². The fourth-order valence-corrected chi connectivity index (χ4v) is 3.88. The highest BCUT2D eigenvalue weighted by molar-refractivity contribution is 7.99. The molecule has 0 aliphatic rings. The average molecular weight is 528 g/mol. The molecule has 0 bridgehead atoms. The molecule has 0 aliphatic carbocycles. The van der Waals surface area contributed by atoms with E-state index in [1.54, 1.807) is 48.0 Å². The zero-order chi connectivity index (χ0) is 25.9. The van der Waals surface area contributed by atoms with Crippen molar-refractivity contribution in [1.82, 2.24) is 20.1 Å². The highest BCUT2D eigenvalue weighted by Crippen LogP contribution is 2.18. The van der Waals surface area contributed by atoms with Gasteiger partial charge < -0.3 is 19.9 Å². The lowest BCUT2D eigenvalue weighted by atomic mass is 10.2. The van der Waals surface area contributed by atoms with Crippen LogP contribution in [0.3, 0.4) is 0 Å². The summed E-state index contributed by atoms with van der Waals surface area (Å²) in [6.45, 7) is 2.43. The molecule has 1 heterocycles. The average Bonchev–Trinajstić information content (AvgIpc) is 3.23. The van der Waals surface area contributed by atoms with E-state index in [-0.39, 0.29) is 24.1 Å². The minimum absolute atomic E-state index is 0.0867. The summed E-state index contributed by atoms with van der Waals surface area (Å²) in [5, 5.41) is 14.8. The van der Waals surface area contributed by atoms with Gasteiger partial charge in [-0.15, -0.1) is 10.2 Å². The molecule has 2 N–H and O–H groups in total. The van der Waals surface area contributed by atoms with Crippen molar-refractivity contribution in [2.45, 2.75) is 25.0 Å². The van der Waals surface area contributed by atoms with Gasteiger partial charge >= 0.3 is 5.97 Å². The van der Waals surface area contributed by atoms with Crippen LogP contribution in [0.15, 0.2) is 59.8 Å². The third kappa shape index (κ3) is 7.96. The number of esters is 1. The number of nitrogens with zero attached hydrogens (tertiary/aromatic N) is 3. The van der Waals surface area contributed by atoms with Crippen molar-refractivity contribution < 1.29 is 19.1 Å². The van der Waals surface area contributed by atoms with Gasteiger partial charge in [-0.25, -0.2) is 4.79 Å². The van der Waals surface area contributed by atoms with Crippen LogP contribution in [0.5, 0.6) is 0 Å². The van der Waals surface area contributed by atoms with Gasteiger partial charge in [-0.1, -0.05) is 54.6 Å². The summed E-state index contributed by atoms with van der Waals surface area (Å²) in [5.41, 5.74) is 1.61. The quantitative estimate of drug-likeness (QED) is 0.219. The zero-order valence-electron chi connectivity index (χ0n) is 19.9. The Balaban J connectivity index is 1.48. The van der Waals surface area contributed by atoms with Crippen LogP contribution in [-0.2, 0) is 27.9 Å². The van der Waals surface area contributed by atoms with Crippen molar-refractivity contribution in [1.29, 1.82) is 0 Å². The van der Waals surface area contributed by atoms with Gasteiger partial charge in [0.15, 0.2) is 11.0 Å². The van der Waals surface area contributed by atoms with E-state index >= 15 is 0 Å². The molecular formula is C25H26ClN5O4S. The van der Waals surface area contributed by atoms with Crippen molar-refractivity contribution in [3.63, 3.8) is 0 Å². The second-order valence-electron chi connectivity index (χ2n) is 7.58. The first-order valence-corrected chi connectivity index (χ1v) is 12.5. The number of nitrogens with one attached hydrogen (secondary N) is 2. The largest absolute Gasteiger partial charge is 0.462 e. The van der Waals surface area contributed by atoms with Gasteiger partial charge in [-0.2, -0.15) is 0 Å². The fraction of sp³-hybridized carbons (Fsp3) is 0.240. The third-order valence-electron chi connectivity index (χ3n) is 4.82. The summed E-state index contributed by atoms with van der Waals surface area (Å²) >= 11 is 7.29. The molecule has 1 aromatic heterocycles. The maximum atomic E-state index is 12.4. The molecule has 188 valence electrons. The number of ether oxygens (including phenoxy) is 1. The van der Waals surface area contributed by atoms with E-state index in [0.717, 1.165) is 12.0 Å². The van der Waals surface area contributed by atoms with E-state index in [1.807, 2.05) is 25.1 Å². The number of aromatic nitrogens is 3. The van der Waals surface area contributed by atoms with E-state index in [2.05, 4.69) is 20.8 Å². The summed E-state index contributed by atoms with van der Waals surface area (Å²) in [7, 11) is 1.76. The molecular weight excluding hydrogens is 502 g/mol. The number of thioether (sulfide) groups is 1. The number of hydrogen-bond donors (Lipinski definition) is 2. The number of amides is 2. The lowest BCUT2D eigenvalue weighted by Crippen LogP contribution is -2.22. The number of halogens is 1. The van der Waals surface area contributed by atoms with E-state index < -0.39 is 5.97 Å². The molecule has 0 saturated carbocycles. The van der Waals surface area contributed by atoms with Crippen molar-refractivity contribution in [2.24, 2.45) is 7.05 Å². The number of benzene rings is 2. The molecule has 2 aromatic carbocycles. The molecule has 0 fully saturated rings. The first kappa shape index (κ1) is 27.0. The Kier molecular flexibility index (Phi) is 10.1. The van der Waals surface area contributed by atoms with Gasteiger partial charge in [-0.05, 0) is 42.3 Å². The van der Waals surface area contributed by atoms with Gasteiger partial charge in [0.25, 0.3) is 0 Å². The molecule has 2 amide bonds. The Morgan fingerprint density at radius 3 is 2.72 bits per heavy atom. The predicted octanol–water partition coefficient (Wildman–Crippen LogP) is 4.10. The molecule has 11 heteroatoms. The van der Waals surface area contributed by atoms with Crippen LogP contribution in [0.2, 0.25) is 5.02 Å². The second kappa shape index (κ2) is 13.5.